The molecule has 0 saturated heterocycles. The normalized spacial score (nSPS) is 11.0. The second-order valence-corrected chi connectivity index (χ2v) is 2.24. The maximum absolute atomic E-state index is 10.6. The van der Waals surface area contributed by atoms with Crippen LogP contribution in [0.15, 0.2) is 4.99 Å². The van der Waals surface area contributed by atoms with Crippen molar-refractivity contribution in [3.8, 4) is 0 Å². The van der Waals surface area contributed by atoms with Crippen LogP contribution in [0, 0.1) is 0 Å². The van der Waals surface area contributed by atoms with E-state index in [-0.39, 0.29) is 0 Å². The van der Waals surface area contributed by atoms with Crippen LogP contribution in [0.2, 0.25) is 0 Å². The van der Waals surface area contributed by atoms with E-state index in [2.05, 4.69) is 9.73 Å². The minimum atomic E-state index is -0.636. The van der Waals surface area contributed by atoms with Gasteiger partial charge in [-0.3, -0.25) is 0 Å². The van der Waals surface area contributed by atoms with Crippen molar-refractivity contribution in [2.45, 2.75) is 6.92 Å². The van der Waals surface area contributed by atoms with Crippen molar-refractivity contribution in [3.63, 3.8) is 0 Å². The third kappa shape index (κ3) is 4.66. The van der Waals surface area contributed by atoms with Gasteiger partial charge in [0.25, 0.3) is 5.23 Å². The maximum atomic E-state index is 10.6. The zero-order valence-corrected chi connectivity index (χ0v) is 7.60. The molecule has 5 heteroatoms. The Morgan fingerprint density at radius 1 is 1.64 bits per heavy atom. The highest BCUT2D eigenvalue weighted by atomic mass is 32.2. The first-order valence-electron chi connectivity index (χ1n) is 3.08. The molecule has 1 amide bonds. The summed E-state index contributed by atoms with van der Waals surface area (Å²) in [5.41, 5.74) is 0. The first kappa shape index (κ1) is 10.3. The lowest BCUT2D eigenvalue weighted by Crippen LogP contribution is -2.03. The number of aliphatic imine (C=N–C) groups is 1. The Balaban J connectivity index is 3.99. The second-order valence-electron chi connectivity index (χ2n) is 1.48. The van der Waals surface area contributed by atoms with Crippen LogP contribution in [0.3, 0.4) is 0 Å². The standard InChI is InChI=1S/C6H11NO3S/c1-4-10-6(11-3)7-5(8)9-2/h4H2,1-3H3. The van der Waals surface area contributed by atoms with E-state index < -0.39 is 6.09 Å². The molecule has 0 radical (unpaired) electrons. The molecule has 0 spiro atoms. The number of carbonyl (C=O) groups is 1. The highest BCUT2D eigenvalue weighted by Crippen LogP contribution is 2.00. The molecule has 0 N–H and O–H groups in total. The Kier molecular flexibility index (Phi) is 5.64. The second kappa shape index (κ2) is 6.03. The molecule has 0 fully saturated rings. The largest absolute Gasteiger partial charge is 0.473 e. The van der Waals surface area contributed by atoms with E-state index in [1.165, 1.54) is 18.9 Å². The van der Waals surface area contributed by atoms with Crippen molar-refractivity contribution in [1.29, 1.82) is 0 Å². The molecule has 0 heterocycles. The Morgan fingerprint density at radius 2 is 2.27 bits per heavy atom. The fraction of sp³-hybridized carbons (Fsp3) is 0.667. The van der Waals surface area contributed by atoms with Crippen LogP contribution < -0.4 is 0 Å². The van der Waals surface area contributed by atoms with E-state index in [1.54, 1.807) is 6.26 Å². The predicted octanol–water partition coefficient (Wildman–Crippen LogP) is 1.51. The molecule has 4 nitrogen and oxygen atoms in total. The van der Waals surface area contributed by atoms with E-state index in [0.29, 0.717) is 11.8 Å². The van der Waals surface area contributed by atoms with Crippen molar-refractivity contribution in [2.75, 3.05) is 20.0 Å². The van der Waals surface area contributed by atoms with Crippen molar-refractivity contribution in [1.82, 2.24) is 0 Å². The van der Waals surface area contributed by atoms with Crippen LogP contribution in [0.25, 0.3) is 0 Å². The average Bonchev–Trinajstić information content (AvgIpc) is 2.03. The molecule has 0 atom stereocenters. The van der Waals surface area contributed by atoms with Gasteiger partial charge in [0.1, 0.15) is 0 Å². The van der Waals surface area contributed by atoms with Crippen LogP contribution >= 0.6 is 11.8 Å². The van der Waals surface area contributed by atoms with Gasteiger partial charge in [0.15, 0.2) is 0 Å². The Morgan fingerprint density at radius 3 is 2.64 bits per heavy atom. The van der Waals surface area contributed by atoms with Gasteiger partial charge in [-0.1, -0.05) is 11.8 Å². The van der Waals surface area contributed by atoms with Gasteiger partial charge in [-0.25, -0.2) is 4.79 Å². The van der Waals surface area contributed by atoms with Crippen LogP contribution in [0.5, 0.6) is 0 Å². The summed E-state index contributed by atoms with van der Waals surface area (Å²) in [7, 11) is 1.27. The third-order valence-corrected chi connectivity index (χ3v) is 1.36. The van der Waals surface area contributed by atoms with Gasteiger partial charge in [0, 0.05) is 0 Å². The van der Waals surface area contributed by atoms with E-state index >= 15 is 0 Å². The summed E-state index contributed by atoms with van der Waals surface area (Å²) in [5, 5.41) is 0.333. The molecular weight excluding hydrogens is 166 g/mol. The number of methoxy groups -OCH3 is 1. The van der Waals surface area contributed by atoms with E-state index in [0.717, 1.165) is 0 Å². The lowest BCUT2D eigenvalue weighted by Gasteiger charge is -2.01. The molecule has 0 aliphatic carbocycles. The highest BCUT2D eigenvalue weighted by molar-refractivity contribution is 8.13. The monoisotopic (exact) mass is 177 g/mol. The number of hydrogen-bond donors (Lipinski definition) is 0. The van der Waals surface area contributed by atoms with Gasteiger partial charge < -0.3 is 9.47 Å². The fourth-order valence-electron chi connectivity index (χ4n) is 0.380. The Bertz CT molecular complexity index is 158. The molecule has 11 heavy (non-hydrogen) atoms. The minimum absolute atomic E-state index is 0.333. The summed E-state index contributed by atoms with van der Waals surface area (Å²) in [6.07, 6.45) is 1.14. The van der Waals surface area contributed by atoms with Crippen molar-refractivity contribution >= 4 is 23.1 Å². The first-order chi connectivity index (χ1) is 5.24. The highest BCUT2D eigenvalue weighted by Gasteiger charge is 2.01. The molecule has 0 bridgehead atoms. The first-order valence-corrected chi connectivity index (χ1v) is 4.30. The fourth-order valence-corrected chi connectivity index (χ4v) is 0.782. The third-order valence-electron chi connectivity index (χ3n) is 0.800. The van der Waals surface area contributed by atoms with E-state index in [9.17, 15) is 4.79 Å². The number of hydrogen-bond acceptors (Lipinski definition) is 4. The topological polar surface area (TPSA) is 47.9 Å². The molecule has 0 unspecified atom stereocenters. The molecule has 0 aromatic rings. The number of nitrogens with zero attached hydrogens (tertiary/aromatic N) is 1. The number of carbonyl (C=O) groups excluding carboxylic acids is 1. The van der Waals surface area contributed by atoms with Crippen molar-refractivity contribution in [2.24, 2.45) is 4.99 Å². The van der Waals surface area contributed by atoms with Crippen molar-refractivity contribution < 1.29 is 14.3 Å². The zero-order chi connectivity index (χ0) is 8.69. The van der Waals surface area contributed by atoms with Gasteiger partial charge in [0.05, 0.1) is 13.7 Å². The summed E-state index contributed by atoms with van der Waals surface area (Å²) < 4.78 is 9.28. The molecule has 0 aromatic carbocycles. The maximum Gasteiger partial charge on any atom is 0.437 e. The summed E-state index contributed by atoms with van der Waals surface area (Å²) in [6.45, 7) is 2.32. The van der Waals surface area contributed by atoms with Gasteiger partial charge >= 0.3 is 6.09 Å². The summed E-state index contributed by atoms with van der Waals surface area (Å²) in [5.74, 6) is 0. The number of amides is 1. The van der Waals surface area contributed by atoms with E-state index in [1.807, 2.05) is 6.92 Å². The zero-order valence-electron chi connectivity index (χ0n) is 6.79. The number of rotatable bonds is 1. The van der Waals surface area contributed by atoms with Gasteiger partial charge in [-0.15, -0.1) is 4.99 Å². The summed E-state index contributed by atoms with van der Waals surface area (Å²) in [6, 6.07) is 0. The quantitative estimate of drug-likeness (QED) is 0.450. The average molecular weight is 177 g/mol. The van der Waals surface area contributed by atoms with Crippen LogP contribution in [-0.2, 0) is 9.47 Å². The Hall–Kier alpha value is -0.710. The SMILES string of the molecule is CCOC(=NC(=O)OC)SC. The molecular formula is C6H11NO3S. The molecule has 0 aromatic heterocycles. The van der Waals surface area contributed by atoms with Gasteiger partial charge in [-0.05, 0) is 13.2 Å². The summed E-state index contributed by atoms with van der Waals surface area (Å²) >= 11 is 1.27. The van der Waals surface area contributed by atoms with E-state index in [4.69, 9.17) is 4.74 Å². The lowest BCUT2D eigenvalue weighted by molar-refractivity contribution is 0.181. The predicted molar refractivity (Wildman–Crippen MR) is 45.0 cm³/mol. The van der Waals surface area contributed by atoms with Crippen LogP contribution in [-0.4, -0.2) is 31.3 Å². The molecule has 0 saturated carbocycles. The Labute approximate surface area is 70.0 Å². The van der Waals surface area contributed by atoms with Crippen molar-refractivity contribution in [3.05, 3.63) is 0 Å². The molecule has 0 rings (SSSR count). The molecule has 0 aliphatic heterocycles. The van der Waals surface area contributed by atoms with Gasteiger partial charge in [-0.2, -0.15) is 0 Å². The van der Waals surface area contributed by atoms with Gasteiger partial charge in [0.2, 0.25) is 0 Å². The molecule has 64 valence electrons. The minimum Gasteiger partial charge on any atom is -0.473 e. The molecule has 0 aliphatic rings. The number of ether oxygens (including phenoxy) is 2. The lowest BCUT2D eigenvalue weighted by atomic mass is 10.9. The number of thioether (sulfide) groups is 1. The van der Waals surface area contributed by atoms with Crippen LogP contribution in [0.4, 0.5) is 4.79 Å². The van der Waals surface area contributed by atoms with Crippen LogP contribution in [0.1, 0.15) is 6.92 Å². The summed E-state index contributed by atoms with van der Waals surface area (Å²) in [4.78, 5) is 14.1. The smallest absolute Gasteiger partial charge is 0.437 e.